The molecule has 0 saturated heterocycles. The Bertz CT molecular complexity index is 320. The number of nitrogens with one attached hydrogen (secondary N) is 2. The van der Waals surface area contributed by atoms with E-state index in [2.05, 4.69) is 19.2 Å². The highest BCUT2D eigenvalue weighted by molar-refractivity contribution is 5.94. The molecule has 1 aromatic rings. The molecule has 0 aliphatic heterocycles. The lowest BCUT2D eigenvalue weighted by molar-refractivity contribution is -0.896. The lowest BCUT2D eigenvalue weighted by Crippen LogP contribution is -3.11. The maximum absolute atomic E-state index is 11.7. The van der Waals surface area contributed by atoms with Crippen LogP contribution in [0.15, 0.2) is 30.3 Å². The average molecular weight is 235 g/mol. The number of carbonyl (C=O) groups excluding carboxylic acids is 1. The average Bonchev–Trinajstić information content (AvgIpc) is 2.40. The van der Waals surface area contributed by atoms with Gasteiger partial charge in [0.15, 0.2) is 0 Å². The first-order valence-electron chi connectivity index (χ1n) is 6.44. The first-order valence-corrected chi connectivity index (χ1v) is 6.44. The molecule has 1 rings (SSSR count). The van der Waals surface area contributed by atoms with Gasteiger partial charge in [0, 0.05) is 18.5 Å². The van der Waals surface area contributed by atoms with Crippen molar-refractivity contribution in [1.29, 1.82) is 0 Å². The van der Waals surface area contributed by atoms with E-state index in [1.54, 1.807) is 4.90 Å². The summed E-state index contributed by atoms with van der Waals surface area (Å²) in [6, 6.07) is 9.36. The second kappa shape index (κ2) is 7.85. The maximum atomic E-state index is 11.7. The number of carbonyl (C=O) groups is 1. The van der Waals surface area contributed by atoms with Crippen LogP contribution < -0.4 is 10.2 Å². The molecule has 0 heterocycles. The molecule has 0 aromatic heterocycles. The Morgan fingerprint density at radius 3 is 2.41 bits per heavy atom. The van der Waals surface area contributed by atoms with Crippen molar-refractivity contribution < 1.29 is 9.69 Å². The maximum Gasteiger partial charge on any atom is 0.251 e. The van der Waals surface area contributed by atoms with Crippen LogP contribution >= 0.6 is 0 Å². The number of hydrogen-bond donors (Lipinski definition) is 2. The third-order valence-corrected chi connectivity index (χ3v) is 3.03. The smallest absolute Gasteiger partial charge is 0.251 e. The van der Waals surface area contributed by atoms with E-state index in [0.29, 0.717) is 0 Å². The van der Waals surface area contributed by atoms with Gasteiger partial charge in [0.25, 0.3) is 5.91 Å². The zero-order valence-corrected chi connectivity index (χ0v) is 10.8. The van der Waals surface area contributed by atoms with E-state index >= 15 is 0 Å². The minimum Gasteiger partial charge on any atom is -0.352 e. The molecule has 1 amide bonds. The van der Waals surface area contributed by atoms with Crippen LogP contribution in [-0.2, 0) is 0 Å². The second-order valence-electron chi connectivity index (χ2n) is 4.18. The summed E-state index contributed by atoms with van der Waals surface area (Å²) in [7, 11) is 0. The Kier molecular flexibility index (Phi) is 6.33. The van der Waals surface area contributed by atoms with Crippen LogP contribution in [0.25, 0.3) is 0 Å². The molecule has 3 heteroatoms. The third kappa shape index (κ3) is 5.00. The van der Waals surface area contributed by atoms with Crippen LogP contribution in [-0.4, -0.2) is 32.1 Å². The summed E-state index contributed by atoms with van der Waals surface area (Å²) in [6.45, 7) is 8.59. The fourth-order valence-electron chi connectivity index (χ4n) is 1.84. The molecule has 0 fully saturated rings. The van der Waals surface area contributed by atoms with Gasteiger partial charge >= 0.3 is 0 Å². The SMILES string of the molecule is CC[NH+](CC)CCCNC(=O)c1ccccc1. The summed E-state index contributed by atoms with van der Waals surface area (Å²) in [4.78, 5) is 13.3. The number of amides is 1. The van der Waals surface area contributed by atoms with Gasteiger partial charge in [0.05, 0.1) is 19.6 Å². The van der Waals surface area contributed by atoms with Crippen LogP contribution in [0.4, 0.5) is 0 Å². The molecule has 0 saturated carbocycles. The minimum absolute atomic E-state index is 0.0279. The van der Waals surface area contributed by atoms with Crippen molar-refractivity contribution in [3.8, 4) is 0 Å². The zero-order valence-electron chi connectivity index (χ0n) is 10.8. The third-order valence-electron chi connectivity index (χ3n) is 3.03. The van der Waals surface area contributed by atoms with Crippen LogP contribution in [0, 0.1) is 0 Å². The predicted molar refractivity (Wildman–Crippen MR) is 70.3 cm³/mol. The Morgan fingerprint density at radius 1 is 1.18 bits per heavy atom. The number of hydrogen-bond acceptors (Lipinski definition) is 1. The van der Waals surface area contributed by atoms with Gasteiger partial charge in [-0.15, -0.1) is 0 Å². The van der Waals surface area contributed by atoms with Crippen molar-refractivity contribution in [3.05, 3.63) is 35.9 Å². The molecule has 1 aromatic carbocycles. The summed E-state index contributed by atoms with van der Waals surface area (Å²) < 4.78 is 0. The summed E-state index contributed by atoms with van der Waals surface area (Å²) in [5.41, 5.74) is 0.739. The predicted octanol–water partition coefficient (Wildman–Crippen LogP) is 0.731. The Morgan fingerprint density at radius 2 is 1.82 bits per heavy atom. The molecule has 0 unspecified atom stereocenters. The Balaban J connectivity index is 2.21. The zero-order chi connectivity index (χ0) is 12.5. The molecular formula is C14H23N2O+. The topological polar surface area (TPSA) is 33.5 Å². The van der Waals surface area contributed by atoms with Gasteiger partial charge in [0.1, 0.15) is 0 Å². The number of benzene rings is 1. The van der Waals surface area contributed by atoms with E-state index in [1.807, 2.05) is 30.3 Å². The fraction of sp³-hybridized carbons (Fsp3) is 0.500. The van der Waals surface area contributed by atoms with Crippen molar-refractivity contribution in [2.45, 2.75) is 20.3 Å². The van der Waals surface area contributed by atoms with E-state index in [9.17, 15) is 4.79 Å². The van der Waals surface area contributed by atoms with Crippen molar-refractivity contribution in [3.63, 3.8) is 0 Å². The summed E-state index contributed by atoms with van der Waals surface area (Å²) in [6.07, 6.45) is 1.04. The molecule has 0 aliphatic carbocycles. The van der Waals surface area contributed by atoms with Crippen molar-refractivity contribution in [2.75, 3.05) is 26.2 Å². The molecule has 0 radical (unpaired) electrons. The van der Waals surface area contributed by atoms with Gasteiger partial charge in [-0.25, -0.2) is 0 Å². The van der Waals surface area contributed by atoms with E-state index in [1.165, 1.54) is 0 Å². The summed E-state index contributed by atoms with van der Waals surface area (Å²) >= 11 is 0. The number of quaternary nitrogens is 1. The van der Waals surface area contributed by atoms with E-state index in [0.717, 1.165) is 38.2 Å². The normalized spacial score (nSPS) is 10.5. The summed E-state index contributed by atoms with van der Waals surface area (Å²) in [5.74, 6) is 0.0279. The highest BCUT2D eigenvalue weighted by atomic mass is 16.1. The van der Waals surface area contributed by atoms with Gasteiger partial charge in [-0.05, 0) is 26.0 Å². The lowest BCUT2D eigenvalue weighted by Gasteiger charge is -2.15. The Hall–Kier alpha value is -1.35. The monoisotopic (exact) mass is 235 g/mol. The quantitative estimate of drug-likeness (QED) is 0.671. The summed E-state index contributed by atoms with van der Waals surface area (Å²) in [5, 5.41) is 2.95. The largest absolute Gasteiger partial charge is 0.352 e. The molecular weight excluding hydrogens is 212 g/mol. The first-order chi connectivity index (χ1) is 8.27. The molecule has 17 heavy (non-hydrogen) atoms. The Labute approximate surface area is 104 Å². The molecule has 0 spiro atoms. The highest BCUT2D eigenvalue weighted by Crippen LogP contribution is 1.97. The molecule has 3 nitrogen and oxygen atoms in total. The lowest BCUT2D eigenvalue weighted by atomic mass is 10.2. The van der Waals surface area contributed by atoms with Gasteiger partial charge < -0.3 is 10.2 Å². The van der Waals surface area contributed by atoms with Crippen molar-refractivity contribution >= 4 is 5.91 Å². The van der Waals surface area contributed by atoms with Crippen LogP contribution in [0.2, 0.25) is 0 Å². The van der Waals surface area contributed by atoms with Crippen LogP contribution in [0.3, 0.4) is 0 Å². The van der Waals surface area contributed by atoms with E-state index in [-0.39, 0.29) is 5.91 Å². The van der Waals surface area contributed by atoms with Gasteiger partial charge in [-0.1, -0.05) is 18.2 Å². The molecule has 2 N–H and O–H groups in total. The molecule has 0 atom stereocenters. The van der Waals surface area contributed by atoms with Crippen molar-refractivity contribution in [2.24, 2.45) is 0 Å². The molecule has 0 aliphatic rings. The van der Waals surface area contributed by atoms with Gasteiger partial charge in [0.2, 0.25) is 0 Å². The van der Waals surface area contributed by atoms with Crippen LogP contribution in [0.5, 0.6) is 0 Å². The van der Waals surface area contributed by atoms with Gasteiger partial charge in [-0.2, -0.15) is 0 Å². The minimum atomic E-state index is 0.0279. The number of rotatable bonds is 7. The van der Waals surface area contributed by atoms with Crippen molar-refractivity contribution in [1.82, 2.24) is 5.32 Å². The second-order valence-corrected chi connectivity index (χ2v) is 4.18. The first kappa shape index (κ1) is 13.7. The molecule has 94 valence electrons. The van der Waals surface area contributed by atoms with Gasteiger partial charge in [-0.3, -0.25) is 4.79 Å². The fourth-order valence-corrected chi connectivity index (χ4v) is 1.84. The standard InChI is InChI=1S/C14H22N2O/c1-3-16(4-2)12-8-11-15-14(17)13-9-6-5-7-10-13/h5-7,9-10H,3-4,8,11-12H2,1-2H3,(H,15,17)/p+1. The molecule has 0 bridgehead atoms. The highest BCUT2D eigenvalue weighted by Gasteiger charge is 2.05. The van der Waals surface area contributed by atoms with Crippen LogP contribution in [0.1, 0.15) is 30.6 Å². The van der Waals surface area contributed by atoms with E-state index in [4.69, 9.17) is 0 Å². The van der Waals surface area contributed by atoms with E-state index < -0.39 is 0 Å².